The summed E-state index contributed by atoms with van der Waals surface area (Å²) in [4.78, 5) is 29.0. The van der Waals surface area contributed by atoms with Crippen molar-refractivity contribution in [2.75, 3.05) is 18.5 Å². The molecule has 0 aliphatic carbocycles. The Kier molecular flexibility index (Phi) is 12.1. The van der Waals surface area contributed by atoms with E-state index in [1.807, 2.05) is 55.5 Å². The highest BCUT2D eigenvalue weighted by atomic mass is 35.5. The summed E-state index contributed by atoms with van der Waals surface area (Å²) in [5, 5.41) is 10.6. The number of aryl methyl sites for hydroxylation is 1. The molecule has 3 rings (SSSR count). The molecule has 2 heterocycles. The van der Waals surface area contributed by atoms with Gasteiger partial charge in [-0.15, -0.1) is 24.8 Å². The highest BCUT2D eigenvalue weighted by Gasteiger charge is 2.22. The number of hydrogen-bond donors (Lipinski definition) is 2. The van der Waals surface area contributed by atoms with Crippen LogP contribution in [0.2, 0.25) is 0 Å². The van der Waals surface area contributed by atoms with E-state index in [1.165, 1.54) is 0 Å². The average Bonchev–Trinajstić information content (AvgIpc) is 3.21. The maximum atomic E-state index is 13.1. The number of halogens is 2. The van der Waals surface area contributed by atoms with E-state index < -0.39 is 12.0 Å². The van der Waals surface area contributed by atoms with Gasteiger partial charge in [-0.3, -0.25) is 19.9 Å². The zero-order valence-corrected chi connectivity index (χ0v) is 20.2. The molecule has 2 aromatic heterocycles. The van der Waals surface area contributed by atoms with Gasteiger partial charge >= 0.3 is 5.97 Å². The van der Waals surface area contributed by atoms with E-state index in [-0.39, 0.29) is 37.3 Å². The second-order valence-corrected chi connectivity index (χ2v) is 6.88. The number of esters is 1. The molecule has 3 aromatic rings. The summed E-state index contributed by atoms with van der Waals surface area (Å²) in [6, 6.07) is 14.6. The van der Waals surface area contributed by atoms with Gasteiger partial charge in [0.15, 0.2) is 0 Å². The third kappa shape index (κ3) is 8.16. The van der Waals surface area contributed by atoms with Gasteiger partial charge in [0.1, 0.15) is 5.82 Å². The number of hydrogen-bond acceptors (Lipinski definition) is 6. The fourth-order valence-electron chi connectivity index (χ4n) is 3.16. The van der Waals surface area contributed by atoms with Gasteiger partial charge in [-0.2, -0.15) is 5.10 Å². The minimum Gasteiger partial charge on any atom is -0.465 e. The zero-order valence-electron chi connectivity index (χ0n) is 18.6. The maximum Gasteiger partial charge on any atom is 0.319 e. The van der Waals surface area contributed by atoms with E-state index in [2.05, 4.69) is 20.7 Å². The summed E-state index contributed by atoms with van der Waals surface area (Å²) in [5.74, 6) is -0.0497. The van der Waals surface area contributed by atoms with E-state index in [1.54, 1.807) is 24.0 Å². The third-order valence-corrected chi connectivity index (χ3v) is 4.70. The fraction of sp³-hybridized carbons (Fsp3) is 0.304. The van der Waals surface area contributed by atoms with Crippen LogP contribution in [0, 0.1) is 0 Å². The summed E-state index contributed by atoms with van der Waals surface area (Å²) < 4.78 is 6.71. The summed E-state index contributed by atoms with van der Waals surface area (Å²) in [6.07, 6.45) is 3.84. The maximum absolute atomic E-state index is 13.1. The predicted octanol–water partition coefficient (Wildman–Crippen LogP) is 3.51. The molecule has 1 atom stereocenters. The Morgan fingerprint density at radius 1 is 1.06 bits per heavy atom. The largest absolute Gasteiger partial charge is 0.465 e. The molecule has 0 radical (unpaired) electrons. The molecule has 178 valence electrons. The van der Waals surface area contributed by atoms with Gasteiger partial charge in [-0.1, -0.05) is 30.3 Å². The highest BCUT2D eigenvalue weighted by Crippen LogP contribution is 2.21. The number of carbonyl (C=O) groups is 2. The van der Waals surface area contributed by atoms with Crippen molar-refractivity contribution in [3.8, 4) is 11.3 Å². The van der Waals surface area contributed by atoms with Crippen molar-refractivity contribution in [2.24, 2.45) is 0 Å². The Morgan fingerprint density at radius 3 is 2.39 bits per heavy atom. The molecule has 0 fully saturated rings. The molecule has 8 nitrogen and oxygen atoms in total. The van der Waals surface area contributed by atoms with E-state index in [9.17, 15) is 9.59 Å². The van der Waals surface area contributed by atoms with Crippen LogP contribution < -0.4 is 10.6 Å². The predicted molar refractivity (Wildman–Crippen MR) is 133 cm³/mol. The molecule has 33 heavy (non-hydrogen) atoms. The van der Waals surface area contributed by atoms with E-state index >= 15 is 0 Å². The Hall–Kier alpha value is -2.94. The number of nitrogens with zero attached hydrogens (tertiary/aromatic N) is 3. The highest BCUT2D eigenvalue weighted by molar-refractivity contribution is 5.95. The Balaban J connectivity index is 0.00000272. The van der Waals surface area contributed by atoms with Gasteiger partial charge in [0.25, 0.3) is 0 Å². The number of benzene rings is 1. The number of ether oxygens (including phenoxy) is 1. The first-order chi connectivity index (χ1) is 15.1. The first-order valence-corrected chi connectivity index (χ1v) is 10.3. The van der Waals surface area contributed by atoms with Gasteiger partial charge < -0.3 is 10.1 Å². The second-order valence-electron chi connectivity index (χ2n) is 6.88. The third-order valence-electron chi connectivity index (χ3n) is 4.70. The van der Waals surface area contributed by atoms with Crippen LogP contribution >= 0.6 is 24.8 Å². The van der Waals surface area contributed by atoms with Crippen LogP contribution in [0.5, 0.6) is 0 Å². The number of carbonyl (C=O) groups excluding carboxylic acids is 2. The summed E-state index contributed by atoms with van der Waals surface area (Å²) >= 11 is 0. The molecule has 1 amide bonds. The van der Waals surface area contributed by atoms with Crippen LogP contribution in [0.15, 0.2) is 60.9 Å². The summed E-state index contributed by atoms with van der Waals surface area (Å²) in [5.41, 5.74) is 2.65. The van der Waals surface area contributed by atoms with Crippen LogP contribution in [0.25, 0.3) is 11.3 Å². The molecule has 0 spiro atoms. The molecule has 2 N–H and O–H groups in total. The van der Waals surface area contributed by atoms with Crippen LogP contribution in [0.4, 0.5) is 5.82 Å². The lowest BCUT2D eigenvalue weighted by molar-refractivity contribution is -0.142. The standard InChI is InChI=1S/C23H27N5O3.2ClH/c1-3-28-21(15-19(27-28)18-10-12-24-13-11-18)26-23(30)20(25-16-22(29)31-4-2)14-17-8-6-5-7-9-17;;/h5-13,15,20,25H,3-4,14,16H2,1-2H3,(H,26,30);2*1H/t20-;;/m0../s1. The molecule has 0 saturated heterocycles. The van der Waals surface area contributed by atoms with Crippen LogP contribution in [-0.2, 0) is 27.3 Å². The van der Waals surface area contributed by atoms with Crippen molar-refractivity contribution in [1.82, 2.24) is 20.1 Å². The Labute approximate surface area is 205 Å². The van der Waals surface area contributed by atoms with Gasteiger partial charge in [0.2, 0.25) is 5.91 Å². The SMILES string of the molecule is CCOC(=O)CN[C@@H](Cc1ccccc1)C(=O)Nc1cc(-c2ccncc2)nn1CC.Cl.Cl. The van der Waals surface area contributed by atoms with Crippen LogP contribution in [0.3, 0.4) is 0 Å². The molecule has 0 bridgehead atoms. The molecule has 0 aliphatic rings. The lowest BCUT2D eigenvalue weighted by Crippen LogP contribution is -2.45. The van der Waals surface area contributed by atoms with Crippen molar-refractivity contribution in [3.63, 3.8) is 0 Å². The van der Waals surface area contributed by atoms with E-state index in [0.29, 0.717) is 25.4 Å². The van der Waals surface area contributed by atoms with Crippen molar-refractivity contribution in [2.45, 2.75) is 32.9 Å². The number of anilines is 1. The molecule has 0 unspecified atom stereocenters. The van der Waals surface area contributed by atoms with Crippen molar-refractivity contribution >= 4 is 42.5 Å². The number of nitrogens with one attached hydrogen (secondary N) is 2. The topological polar surface area (TPSA) is 98.1 Å². The van der Waals surface area contributed by atoms with Gasteiger partial charge in [-0.25, -0.2) is 4.68 Å². The number of amides is 1. The first-order valence-electron chi connectivity index (χ1n) is 10.3. The average molecular weight is 494 g/mol. The number of aromatic nitrogens is 3. The Morgan fingerprint density at radius 2 is 1.76 bits per heavy atom. The molecular formula is C23H29Cl2N5O3. The van der Waals surface area contributed by atoms with Crippen LogP contribution in [-0.4, -0.2) is 45.8 Å². The minimum atomic E-state index is -0.614. The normalized spacial score (nSPS) is 11.0. The summed E-state index contributed by atoms with van der Waals surface area (Å²) in [7, 11) is 0. The van der Waals surface area contributed by atoms with Crippen molar-refractivity contribution < 1.29 is 14.3 Å². The van der Waals surface area contributed by atoms with Gasteiger partial charge in [0.05, 0.1) is 24.9 Å². The zero-order chi connectivity index (χ0) is 22.1. The van der Waals surface area contributed by atoms with Crippen LogP contribution in [0.1, 0.15) is 19.4 Å². The second kappa shape index (κ2) is 14.3. The van der Waals surface area contributed by atoms with Gasteiger partial charge in [0, 0.05) is 30.6 Å². The molecule has 10 heteroatoms. The quantitative estimate of drug-likeness (QED) is 0.419. The number of rotatable bonds is 10. The van der Waals surface area contributed by atoms with Crippen molar-refractivity contribution in [1.29, 1.82) is 0 Å². The molecule has 1 aromatic carbocycles. The van der Waals surface area contributed by atoms with E-state index in [4.69, 9.17) is 4.74 Å². The summed E-state index contributed by atoms with van der Waals surface area (Å²) in [6.45, 7) is 4.55. The monoisotopic (exact) mass is 493 g/mol. The fourth-order valence-corrected chi connectivity index (χ4v) is 3.16. The molecule has 0 aliphatic heterocycles. The lowest BCUT2D eigenvalue weighted by atomic mass is 10.1. The lowest BCUT2D eigenvalue weighted by Gasteiger charge is -2.18. The minimum absolute atomic E-state index is 0. The number of pyridine rings is 1. The molecule has 0 saturated carbocycles. The van der Waals surface area contributed by atoms with Gasteiger partial charge in [-0.05, 0) is 38.0 Å². The van der Waals surface area contributed by atoms with Crippen molar-refractivity contribution in [3.05, 3.63) is 66.5 Å². The first kappa shape index (κ1) is 28.1. The van der Waals surface area contributed by atoms with E-state index in [0.717, 1.165) is 16.8 Å². The Bertz CT molecular complexity index is 1000. The smallest absolute Gasteiger partial charge is 0.319 e. The molecular weight excluding hydrogens is 465 g/mol.